The molecular formula is C20H24N2O5. The van der Waals surface area contributed by atoms with Crippen LogP contribution in [0.5, 0.6) is 11.5 Å². The molecule has 0 aliphatic rings. The van der Waals surface area contributed by atoms with E-state index >= 15 is 0 Å². The fraction of sp³-hybridized carbons (Fsp3) is 0.350. The van der Waals surface area contributed by atoms with Crippen molar-refractivity contribution in [3.05, 3.63) is 63.2 Å². The molecule has 1 atom stereocenters. The molecule has 0 aliphatic carbocycles. The molecule has 7 heteroatoms. The predicted molar refractivity (Wildman–Crippen MR) is 102 cm³/mol. The van der Waals surface area contributed by atoms with Crippen LogP contribution in [-0.2, 0) is 0 Å². The quantitative estimate of drug-likeness (QED) is 0.581. The zero-order valence-corrected chi connectivity index (χ0v) is 16.1. The minimum Gasteiger partial charge on any atom is -0.493 e. The number of nitro groups is 1. The van der Waals surface area contributed by atoms with Gasteiger partial charge in [0, 0.05) is 17.2 Å². The van der Waals surface area contributed by atoms with Gasteiger partial charge >= 0.3 is 0 Å². The number of nitrogens with one attached hydrogen (secondary N) is 1. The molecule has 0 spiro atoms. The Morgan fingerprint density at radius 2 is 1.81 bits per heavy atom. The van der Waals surface area contributed by atoms with Crippen molar-refractivity contribution in [2.45, 2.75) is 39.8 Å². The van der Waals surface area contributed by atoms with Gasteiger partial charge in [-0.05, 0) is 51.5 Å². The van der Waals surface area contributed by atoms with E-state index < -0.39 is 4.92 Å². The number of nitrogens with zero attached hydrogens (tertiary/aromatic N) is 1. The van der Waals surface area contributed by atoms with Gasteiger partial charge in [-0.15, -0.1) is 0 Å². The maximum atomic E-state index is 12.5. The Kier molecular flexibility index (Phi) is 6.39. The molecule has 1 N–H and O–H groups in total. The summed E-state index contributed by atoms with van der Waals surface area (Å²) in [7, 11) is 1.56. The van der Waals surface area contributed by atoms with Crippen molar-refractivity contribution in [3.63, 3.8) is 0 Å². The van der Waals surface area contributed by atoms with Gasteiger partial charge in [0.05, 0.1) is 24.2 Å². The SMILES string of the molecule is COc1cc(C(C)NC(=O)c2ccc(C)c([N+](=O)[O-])c2)ccc1OC(C)C. The van der Waals surface area contributed by atoms with Gasteiger partial charge in [0.2, 0.25) is 0 Å². The molecule has 7 nitrogen and oxygen atoms in total. The summed E-state index contributed by atoms with van der Waals surface area (Å²) < 4.78 is 11.1. The molecule has 2 aromatic rings. The number of ether oxygens (including phenoxy) is 2. The molecular weight excluding hydrogens is 348 g/mol. The summed E-state index contributed by atoms with van der Waals surface area (Å²) in [5.41, 5.74) is 1.51. The van der Waals surface area contributed by atoms with E-state index in [1.54, 1.807) is 38.3 Å². The number of carbonyl (C=O) groups is 1. The monoisotopic (exact) mass is 372 g/mol. The average molecular weight is 372 g/mol. The van der Waals surface area contributed by atoms with E-state index in [4.69, 9.17) is 9.47 Å². The summed E-state index contributed by atoms with van der Waals surface area (Å²) in [6, 6.07) is 9.57. The van der Waals surface area contributed by atoms with Crippen molar-refractivity contribution in [1.82, 2.24) is 5.32 Å². The Morgan fingerprint density at radius 3 is 2.41 bits per heavy atom. The number of rotatable bonds is 7. The first-order chi connectivity index (χ1) is 12.7. The van der Waals surface area contributed by atoms with E-state index in [0.717, 1.165) is 5.56 Å². The number of nitro benzene ring substituents is 1. The van der Waals surface area contributed by atoms with Crippen molar-refractivity contribution in [2.24, 2.45) is 0 Å². The standard InChI is InChI=1S/C20H24N2O5/c1-12(2)27-18-9-8-15(11-19(18)26-5)14(4)21-20(23)16-7-6-13(3)17(10-16)22(24)25/h6-12,14H,1-5H3,(H,21,23). The van der Waals surface area contributed by atoms with Crippen molar-refractivity contribution in [1.29, 1.82) is 0 Å². The second-order valence-corrected chi connectivity index (χ2v) is 6.53. The fourth-order valence-electron chi connectivity index (χ4n) is 2.62. The highest BCUT2D eigenvalue weighted by Crippen LogP contribution is 2.31. The van der Waals surface area contributed by atoms with Gasteiger partial charge in [-0.1, -0.05) is 12.1 Å². The van der Waals surface area contributed by atoms with Crippen LogP contribution in [0, 0.1) is 17.0 Å². The van der Waals surface area contributed by atoms with Gasteiger partial charge in [-0.25, -0.2) is 0 Å². The van der Waals surface area contributed by atoms with E-state index in [1.165, 1.54) is 6.07 Å². The molecule has 0 radical (unpaired) electrons. The van der Waals surface area contributed by atoms with Gasteiger partial charge in [0.1, 0.15) is 0 Å². The van der Waals surface area contributed by atoms with Crippen molar-refractivity contribution in [3.8, 4) is 11.5 Å². The molecule has 0 aliphatic heterocycles. The highest BCUT2D eigenvalue weighted by molar-refractivity contribution is 5.95. The first kappa shape index (κ1) is 20.2. The second kappa shape index (κ2) is 8.53. The molecule has 0 aromatic heterocycles. The van der Waals surface area contributed by atoms with E-state index in [2.05, 4.69) is 5.32 Å². The third kappa shape index (κ3) is 4.97. The van der Waals surface area contributed by atoms with Crippen molar-refractivity contribution < 1.29 is 19.2 Å². The lowest BCUT2D eigenvalue weighted by Gasteiger charge is -2.18. The maximum absolute atomic E-state index is 12.5. The molecule has 2 aromatic carbocycles. The topological polar surface area (TPSA) is 90.7 Å². The normalized spacial score (nSPS) is 11.8. The highest BCUT2D eigenvalue weighted by Gasteiger charge is 2.18. The minimum absolute atomic E-state index is 0.0132. The maximum Gasteiger partial charge on any atom is 0.273 e. The molecule has 144 valence electrons. The molecule has 0 heterocycles. The summed E-state index contributed by atoms with van der Waals surface area (Å²) >= 11 is 0. The Labute approximate surface area is 158 Å². The lowest BCUT2D eigenvalue weighted by Crippen LogP contribution is -2.26. The van der Waals surface area contributed by atoms with Crippen LogP contribution in [0.15, 0.2) is 36.4 Å². The number of hydrogen-bond acceptors (Lipinski definition) is 5. The number of methoxy groups -OCH3 is 1. The summed E-state index contributed by atoms with van der Waals surface area (Å²) in [6.07, 6.45) is 0.0132. The van der Waals surface area contributed by atoms with Crippen molar-refractivity contribution >= 4 is 11.6 Å². The Balaban J connectivity index is 2.19. The van der Waals surface area contributed by atoms with E-state index in [0.29, 0.717) is 17.1 Å². The van der Waals surface area contributed by atoms with Crippen LogP contribution in [0.2, 0.25) is 0 Å². The lowest BCUT2D eigenvalue weighted by atomic mass is 10.1. The van der Waals surface area contributed by atoms with Crippen LogP contribution in [-0.4, -0.2) is 24.0 Å². The third-order valence-corrected chi connectivity index (χ3v) is 4.07. The smallest absolute Gasteiger partial charge is 0.273 e. The molecule has 1 amide bonds. The van der Waals surface area contributed by atoms with Crippen LogP contribution in [0.3, 0.4) is 0 Å². The fourth-order valence-corrected chi connectivity index (χ4v) is 2.62. The van der Waals surface area contributed by atoms with E-state index in [1.807, 2.05) is 26.8 Å². The van der Waals surface area contributed by atoms with Gasteiger partial charge < -0.3 is 14.8 Å². The molecule has 27 heavy (non-hydrogen) atoms. The number of carbonyl (C=O) groups excluding carboxylic acids is 1. The third-order valence-electron chi connectivity index (χ3n) is 4.07. The molecule has 0 saturated heterocycles. The van der Waals surface area contributed by atoms with Gasteiger partial charge in [0.15, 0.2) is 11.5 Å². The van der Waals surface area contributed by atoms with Crippen LogP contribution in [0.25, 0.3) is 0 Å². The van der Waals surface area contributed by atoms with Crippen LogP contribution < -0.4 is 14.8 Å². The zero-order chi connectivity index (χ0) is 20.1. The average Bonchev–Trinajstić information content (AvgIpc) is 2.61. The van der Waals surface area contributed by atoms with Crippen LogP contribution in [0.4, 0.5) is 5.69 Å². The number of hydrogen-bond donors (Lipinski definition) is 1. The molecule has 0 fully saturated rings. The largest absolute Gasteiger partial charge is 0.493 e. The molecule has 0 bridgehead atoms. The zero-order valence-electron chi connectivity index (χ0n) is 16.1. The summed E-state index contributed by atoms with van der Waals surface area (Å²) in [4.78, 5) is 23.1. The van der Waals surface area contributed by atoms with Crippen molar-refractivity contribution in [2.75, 3.05) is 7.11 Å². The van der Waals surface area contributed by atoms with Crippen LogP contribution >= 0.6 is 0 Å². The Morgan fingerprint density at radius 1 is 1.11 bits per heavy atom. The van der Waals surface area contributed by atoms with Crippen LogP contribution in [0.1, 0.15) is 48.3 Å². The molecule has 0 saturated carbocycles. The number of amides is 1. The summed E-state index contributed by atoms with van der Waals surface area (Å²) in [5.74, 6) is 0.823. The highest BCUT2D eigenvalue weighted by atomic mass is 16.6. The summed E-state index contributed by atoms with van der Waals surface area (Å²) in [6.45, 7) is 7.32. The number of aryl methyl sites for hydroxylation is 1. The van der Waals surface area contributed by atoms with Gasteiger partial charge in [-0.3, -0.25) is 14.9 Å². The predicted octanol–water partition coefficient (Wildman–Crippen LogP) is 4.19. The molecule has 2 rings (SSSR count). The Bertz CT molecular complexity index is 848. The Hall–Kier alpha value is -3.09. The molecule has 1 unspecified atom stereocenters. The van der Waals surface area contributed by atoms with Gasteiger partial charge in [-0.2, -0.15) is 0 Å². The van der Waals surface area contributed by atoms with E-state index in [-0.39, 0.29) is 29.3 Å². The minimum atomic E-state index is -0.492. The first-order valence-corrected chi connectivity index (χ1v) is 8.63. The number of benzene rings is 2. The first-order valence-electron chi connectivity index (χ1n) is 8.63. The van der Waals surface area contributed by atoms with Gasteiger partial charge in [0.25, 0.3) is 11.6 Å². The second-order valence-electron chi connectivity index (χ2n) is 6.53. The van der Waals surface area contributed by atoms with E-state index in [9.17, 15) is 14.9 Å². The lowest BCUT2D eigenvalue weighted by molar-refractivity contribution is -0.385. The summed E-state index contributed by atoms with van der Waals surface area (Å²) in [5, 5.41) is 13.9.